The van der Waals surface area contributed by atoms with Crippen molar-refractivity contribution in [1.29, 1.82) is 0 Å². The highest BCUT2D eigenvalue weighted by molar-refractivity contribution is 7.11. The van der Waals surface area contributed by atoms with E-state index in [9.17, 15) is 4.79 Å². The number of hydrogen-bond donors (Lipinski definition) is 2. The molecule has 7 nitrogen and oxygen atoms in total. The minimum atomic E-state index is -0.455. The molecule has 2 atom stereocenters. The van der Waals surface area contributed by atoms with E-state index in [1.807, 2.05) is 39.5 Å². The number of hydrogen-bond acceptors (Lipinski definition) is 5. The highest BCUT2D eigenvalue weighted by Gasteiger charge is 2.45. The van der Waals surface area contributed by atoms with Crippen molar-refractivity contribution in [2.75, 3.05) is 6.54 Å². The van der Waals surface area contributed by atoms with Gasteiger partial charge in [0.1, 0.15) is 5.60 Å². The van der Waals surface area contributed by atoms with Crippen molar-refractivity contribution in [3.8, 4) is 0 Å². The molecule has 2 aliphatic heterocycles. The van der Waals surface area contributed by atoms with Gasteiger partial charge < -0.3 is 20.3 Å². The lowest BCUT2D eigenvalue weighted by Crippen LogP contribution is -2.55. The monoisotopic (exact) mass is 421 g/mol. The second-order valence-corrected chi connectivity index (χ2v) is 10.3. The first kappa shape index (κ1) is 21.9. The number of piperidine rings is 1. The zero-order chi connectivity index (χ0) is 21.2. The van der Waals surface area contributed by atoms with Crippen LogP contribution < -0.4 is 10.6 Å². The highest BCUT2D eigenvalue weighted by atomic mass is 32.1. The van der Waals surface area contributed by atoms with Gasteiger partial charge in [-0.05, 0) is 67.2 Å². The van der Waals surface area contributed by atoms with Crippen LogP contribution >= 0.6 is 11.3 Å². The van der Waals surface area contributed by atoms with Crippen molar-refractivity contribution in [3.05, 3.63) is 15.6 Å². The molecule has 162 valence electrons. The molecule has 3 rings (SSSR count). The standard InChI is InChI=1S/C21H35N5O2S/c1-7-22-19(23-12-18-13(2)24-14(3)29-18)25-15-10-16-8-9-17(11-15)26(16)20(27)28-21(4,5)6/h15-17H,7-12H2,1-6H3,(H2,22,23,25). The first-order valence-electron chi connectivity index (χ1n) is 10.7. The maximum atomic E-state index is 12.6. The van der Waals surface area contributed by atoms with E-state index in [1.165, 1.54) is 4.88 Å². The van der Waals surface area contributed by atoms with Gasteiger partial charge in [-0.3, -0.25) is 0 Å². The summed E-state index contributed by atoms with van der Waals surface area (Å²) >= 11 is 1.71. The number of fused-ring (bicyclic) bond motifs is 2. The predicted octanol–water partition coefficient (Wildman–Crippen LogP) is 3.75. The second kappa shape index (κ2) is 8.90. The number of aromatic nitrogens is 1. The maximum absolute atomic E-state index is 12.6. The van der Waals surface area contributed by atoms with E-state index in [0.717, 1.165) is 48.9 Å². The quantitative estimate of drug-likeness (QED) is 0.572. The lowest BCUT2D eigenvalue weighted by Gasteiger charge is -2.40. The summed E-state index contributed by atoms with van der Waals surface area (Å²) in [6.07, 6.45) is 3.79. The largest absolute Gasteiger partial charge is 0.444 e. The molecule has 3 heterocycles. The van der Waals surface area contributed by atoms with Crippen LogP contribution in [0.25, 0.3) is 0 Å². The van der Waals surface area contributed by atoms with Crippen molar-refractivity contribution in [3.63, 3.8) is 0 Å². The van der Waals surface area contributed by atoms with E-state index in [1.54, 1.807) is 11.3 Å². The minimum Gasteiger partial charge on any atom is -0.444 e. The van der Waals surface area contributed by atoms with Gasteiger partial charge in [0.15, 0.2) is 5.96 Å². The van der Waals surface area contributed by atoms with Crippen molar-refractivity contribution in [2.45, 2.75) is 97.5 Å². The number of carbonyl (C=O) groups excluding carboxylic acids is 1. The molecule has 2 fully saturated rings. The summed E-state index contributed by atoms with van der Waals surface area (Å²) in [5.41, 5.74) is 0.611. The van der Waals surface area contributed by atoms with Crippen LogP contribution in [-0.2, 0) is 11.3 Å². The molecule has 2 aliphatic rings. The smallest absolute Gasteiger partial charge is 0.410 e. The van der Waals surface area contributed by atoms with Crippen molar-refractivity contribution in [2.24, 2.45) is 4.99 Å². The van der Waals surface area contributed by atoms with Gasteiger partial charge in [0.05, 0.1) is 17.2 Å². The molecule has 0 radical (unpaired) electrons. The molecule has 0 spiro atoms. The Balaban J connectivity index is 1.62. The first-order chi connectivity index (χ1) is 13.7. The molecule has 0 aromatic carbocycles. The van der Waals surface area contributed by atoms with Crippen LogP contribution in [0.1, 0.15) is 69.0 Å². The van der Waals surface area contributed by atoms with Gasteiger partial charge in [-0.25, -0.2) is 14.8 Å². The number of nitrogens with zero attached hydrogens (tertiary/aromatic N) is 3. The van der Waals surface area contributed by atoms with E-state index >= 15 is 0 Å². The van der Waals surface area contributed by atoms with Gasteiger partial charge >= 0.3 is 6.09 Å². The van der Waals surface area contributed by atoms with Gasteiger partial charge in [-0.15, -0.1) is 11.3 Å². The number of thiazole rings is 1. The zero-order valence-corrected chi connectivity index (χ0v) is 19.4. The minimum absolute atomic E-state index is 0.167. The third-order valence-corrected chi connectivity index (χ3v) is 6.46. The fourth-order valence-corrected chi connectivity index (χ4v) is 5.15. The molecule has 1 aromatic heterocycles. The van der Waals surface area contributed by atoms with Crippen LogP contribution in [-0.4, -0.2) is 52.2 Å². The van der Waals surface area contributed by atoms with Crippen LogP contribution in [0.15, 0.2) is 4.99 Å². The topological polar surface area (TPSA) is 78.9 Å². The van der Waals surface area contributed by atoms with E-state index in [-0.39, 0.29) is 18.2 Å². The molecule has 2 bridgehead atoms. The third kappa shape index (κ3) is 5.62. The van der Waals surface area contributed by atoms with E-state index in [2.05, 4.69) is 22.5 Å². The summed E-state index contributed by atoms with van der Waals surface area (Å²) in [5.74, 6) is 0.841. The predicted molar refractivity (Wildman–Crippen MR) is 117 cm³/mol. The molecule has 0 aliphatic carbocycles. The molecule has 2 saturated heterocycles. The molecule has 1 amide bonds. The van der Waals surface area contributed by atoms with Crippen LogP contribution in [0.5, 0.6) is 0 Å². The van der Waals surface area contributed by atoms with Crippen molar-refractivity contribution in [1.82, 2.24) is 20.5 Å². The SMILES string of the molecule is CCNC(=NCc1sc(C)nc1C)NC1CC2CCC(C1)N2C(=O)OC(C)(C)C. The number of rotatable bonds is 4. The Kier molecular flexibility index (Phi) is 6.71. The van der Waals surface area contributed by atoms with Gasteiger partial charge in [-0.2, -0.15) is 0 Å². The summed E-state index contributed by atoms with van der Waals surface area (Å²) in [5, 5.41) is 8.05. The van der Waals surface area contributed by atoms with Crippen LogP contribution in [0.3, 0.4) is 0 Å². The van der Waals surface area contributed by atoms with E-state index in [4.69, 9.17) is 9.73 Å². The Morgan fingerprint density at radius 3 is 2.45 bits per heavy atom. The number of amides is 1. The second-order valence-electron chi connectivity index (χ2n) is 9.02. The molecular formula is C21H35N5O2S. The third-order valence-electron chi connectivity index (χ3n) is 5.40. The molecule has 29 heavy (non-hydrogen) atoms. The number of ether oxygens (including phenoxy) is 1. The van der Waals surface area contributed by atoms with Gasteiger partial charge in [-0.1, -0.05) is 0 Å². The Bertz CT molecular complexity index is 741. The summed E-state index contributed by atoms with van der Waals surface area (Å²) in [6, 6.07) is 0.805. The number of carbonyl (C=O) groups is 1. The van der Waals surface area contributed by atoms with E-state index in [0.29, 0.717) is 12.6 Å². The fraction of sp³-hybridized carbons (Fsp3) is 0.762. The zero-order valence-electron chi connectivity index (χ0n) is 18.5. The summed E-state index contributed by atoms with van der Waals surface area (Å²) < 4.78 is 5.64. The Morgan fingerprint density at radius 2 is 1.93 bits per heavy atom. The lowest BCUT2D eigenvalue weighted by atomic mass is 9.98. The molecule has 2 unspecified atom stereocenters. The normalized spacial score (nSPS) is 24.6. The maximum Gasteiger partial charge on any atom is 0.410 e. The van der Waals surface area contributed by atoms with Crippen molar-refractivity contribution < 1.29 is 9.53 Å². The van der Waals surface area contributed by atoms with Crippen LogP contribution in [0.2, 0.25) is 0 Å². The Morgan fingerprint density at radius 1 is 1.28 bits per heavy atom. The average Bonchev–Trinajstić information content (AvgIpc) is 3.07. The number of aryl methyl sites for hydroxylation is 2. The molecule has 2 N–H and O–H groups in total. The van der Waals surface area contributed by atoms with E-state index < -0.39 is 5.60 Å². The van der Waals surface area contributed by atoms with Gasteiger partial charge in [0.25, 0.3) is 0 Å². The van der Waals surface area contributed by atoms with Crippen molar-refractivity contribution >= 4 is 23.4 Å². The Hall–Kier alpha value is -1.83. The molecule has 0 saturated carbocycles. The summed E-state index contributed by atoms with van der Waals surface area (Å²) in [4.78, 5) is 25.1. The molecular weight excluding hydrogens is 386 g/mol. The molecule has 8 heteroatoms. The summed E-state index contributed by atoms with van der Waals surface area (Å²) in [6.45, 7) is 13.4. The van der Waals surface area contributed by atoms with Gasteiger partial charge in [0, 0.05) is 29.5 Å². The Labute approximate surface area is 178 Å². The summed E-state index contributed by atoms with van der Waals surface area (Å²) in [7, 11) is 0. The van der Waals surface area contributed by atoms with Crippen LogP contribution in [0.4, 0.5) is 4.79 Å². The fourth-order valence-electron chi connectivity index (χ4n) is 4.29. The van der Waals surface area contributed by atoms with Gasteiger partial charge in [0.2, 0.25) is 0 Å². The lowest BCUT2D eigenvalue weighted by molar-refractivity contribution is 0.00545. The molecule has 1 aromatic rings. The highest BCUT2D eigenvalue weighted by Crippen LogP contribution is 2.36. The number of aliphatic imine (C=N–C) groups is 1. The first-order valence-corrected chi connectivity index (χ1v) is 11.5. The van der Waals surface area contributed by atoms with Crippen LogP contribution in [0, 0.1) is 13.8 Å². The average molecular weight is 422 g/mol. The number of guanidine groups is 1. The number of nitrogens with one attached hydrogen (secondary N) is 2.